The van der Waals surface area contributed by atoms with Crippen molar-refractivity contribution in [2.45, 2.75) is 10.7 Å². The fourth-order valence-corrected chi connectivity index (χ4v) is 2.43. The number of alkyl halides is 3. The number of imidazole rings is 1. The molecule has 1 aromatic carbocycles. The van der Waals surface area contributed by atoms with Gasteiger partial charge in [-0.05, 0) is 24.6 Å². The van der Waals surface area contributed by atoms with Crippen molar-refractivity contribution >= 4 is 40.4 Å². The largest absolute Gasteiger partial charge is 0.306 e. The molecule has 5 heteroatoms. The first kappa shape index (κ1) is 13.7. The Morgan fingerprint density at radius 3 is 2.40 bits per heavy atom. The monoisotopic (exact) mass is 324 g/mol. The van der Waals surface area contributed by atoms with E-state index in [0.29, 0.717) is 5.56 Å². The molecule has 0 saturated heterocycles. The quantitative estimate of drug-likeness (QED) is 0.566. The maximum atomic E-state index is 5.85. The lowest BCUT2D eigenvalue weighted by atomic mass is 10.1. The molecule has 3 rings (SSSR count). The Labute approximate surface area is 131 Å². The van der Waals surface area contributed by atoms with E-state index in [2.05, 4.69) is 4.98 Å². The van der Waals surface area contributed by atoms with Crippen LogP contribution in [0, 0.1) is 6.92 Å². The van der Waals surface area contributed by atoms with Crippen LogP contribution in [0.1, 0.15) is 11.1 Å². The third-order valence-corrected chi connectivity index (χ3v) is 3.78. The lowest BCUT2D eigenvalue weighted by Crippen LogP contribution is -1.98. The van der Waals surface area contributed by atoms with Crippen LogP contribution in [0.5, 0.6) is 0 Å². The Balaban J connectivity index is 2.02. The van der Waals surface area contributed by atoms with Crippen LogP contribution in [-0.2, 0) is 3.79 Å². The molecule has 0 bridgehead atoms. The minimum absolute atomic E-state index is 0.644. The van der Waals surface area contributed by atoms with Crippen molar-refractivity contribution in [3.8, 4) is 11.3 Å². The number of nitrogens with zero attached hydrogens (tertiary/aromatic N) is 2. The minimum atomic E-state index is -1.39. The number of hydrogen-bond donors (Lipinski definition) is 0. The second-order valence-corrected chi connectivity index (χ2v) is 6.95. The molecule has 0 amide bonds. The highest BCUT2D eigenvalue weighted by Gasteiger charge is 2.22. The first-order valence-corrected chi connectivity index (χ1v) is 7.20. The molecule has 0 unspecified atom stereocenters. The maximum absolute atomic E-state index is 5.85. The smallest absolute Gasteiger partial charge is 0.216 e. The van der Waals surface area contributed by atoms with Crippen molar-refractivity contribution in [2.75, 3.05) is 0 Å². The van der Waals surface area contributed by atoms with Crippen LogP contribution in [0.4, 0.5) is 0 Å². The SMILES string of the molecule is Cc1ccn2cc(-c3ccc(C(Cl)(Cl)Cl)cc3)nc2c1. The van der Waals surface area contributed by atoms with Gasteiger partial charge in [-0.1, -0.05) is 59.1 Å². The summed E-state index contributed by atoms with van der Waals surface area (Å²) in [6.45, 7) is 2.05. The number of fused-ring (bicyclic) bond motifs is 1. The zero-order valence-electron chi connectivity index (χ0n) is 10.6. The summed E-state index contributed by atoms with van der Waals surface area (Å²) in [6.07, 6.45) is 3.98. The van der Waals surface area contributed by atoms with E-state index in [-0.39, 0.29) is 0 Å². The van der Waals surface area contributed by atoms with Crippen molar-refractivity contribution in [3.63, 3.8) is 0 Å². The molecular weight excluding hydrogens is 315 g/mol. The molecule has 0 saturated carbocycles. The van der Waals surface area contributed by atoms with Crippen LogP contribution in [0.15, 0.2) is 48.8 Å². The molecular formula is C15H11Cl3N2. The average Bonchev–Trinajstić information content (AvgIpc) is 2.80. The summed E-state index contributed by atoms with van der Waals surface area (Å²) in [4.78, 5) is 4.60. The minimum Gasteiger partial charge on any atom is -0.306 e. The molecule has 0 aliphatic heterocycles. The molecule has 0 fully saturated rings. The third kappa shape index (κ3) is 2.64. The van der Waals surface area contributed by atoms with Gasteiger partial charge in [0.15, 0.2) is 0 Å². The predicted molar refractivity (Wildman–Crippen MR) is 84.6 cm³/mol. The van der Waals surface area contributed by atoms with Crippen LogP contribution in [0.2, 0.25) is 0 Å². The van der Waals surface area contributed by atoms with Crippen LogP contribution in [0.3, 0.4) is 0 Å². The van der Waals surface area contributed by atoms with E-state index in [1.807, 2.05) is 48.0 Å². The zero-order valence-corrected chi connectivity index (χ0v) is 12.9. The van der Waals surface area contributed by atoms with E-state index < -0.39 is 3.79 Å². The van der Waals surface area contributed by atoms with Crippen molar-refractivity contribution < 1.29 is 0 Å². The van der Waals surface area contributed by atoms with Gasteiger partial charge < -0.3 is 4.40 Å². The predicted octanol–water partition coefficient (Wildman–Crippen LogP) is 5.14. The van der Waals surface area contributed by atoms with Gasteiger partial charge in [0.1, 0.15) is 5.65 Å². The summed E-state index contributed by atoms with van der Waals surface area (Å²) in [5.74, 6) is 0. The number of benzene rings is 1. The molecule has 102 valence electrons. The van der Waals surface area contributed by atoms with Gasteiger partial charge in [-0.15, -0.1) is 0 Å². The summed E-state index contributed by atoms with van der Waals surface area (Å²) in [7, 11) is 0. The number of rotatable bonds is 1. The molecule has 2 nitrogen and oxygen atoms in total. The van der Waals surface area contributed by atoms with Crippen LogP contribution >= 0.6 is 34.8 Å². The summed E-state index contributed by atoms with van der Waals surface area (Å²) in [6, 6.07) is 11.5. The van der Waals surface area contributed by atoms with Crippen molar-refractivity contribution in [3.05, 3.63) is 59.9 Å². The first-order valence-electron chi connectivity index (χ1n) is 6.06. The Bertz CT molecular complexity index is 755. The van der Waals surface area contributed by atoms with E-state index in [0.717, 1.165) is 16.9 Å². The molecule has 2 heterocycles. The Morgan fingerprint density at radius 2 is 1.75 bits per heavy atom. The van der Waals surface area contributed by atoms with Crippen LogP contribution in [-0.4, -0.2) is 9.38 Å². The fourth-order valence-electron chi connectivity index (χ4n) is 2.05. The van der Waals surface area contributed by atoms with Crippen molar-refractivity contribution in [1.82, 2.24) is 9.38 Å². The molecule has 0 aliphatic carbocycles. The van der Waals surface area contributed by atoms with Crippen molar-refractivity contribution in [2.24, 2.45) is 0 Å². The highest BCUT2D eigenvalue weighted by atomic mass is 35.6. The number of hydrogen-bond acceptors (Lipinski definition) is 1. The second-order valence-electron chi connectivity index (χ2n) is 4.67. The zero-order chi connectivity index (χ0) is 14.3. The van der Waals surface area contributed by atoms with E-state index in [4.69, 9.17) is 34.8 Å². The van der Waals surface area contributed by atoms with Crippen molar-refractivity contribution in [1.29, 1.82) is 0 Å². The van der Waals surface area contributed by atoms with E-state index in [1.54, 1.807) is 12.1 Å². The van der Waals surface area contributed by atoms with Gasteiger partial charge >= 0.3 is 0 Å². The van der Waals surface area contributed by atoms with Crippen LogP contribution in [0.25, 0.3) is 16.9 Å². The topological polar surface area (TPSA) is 17.3 Å². The fraction of sp³-hybridized carbons (Fsp3) is 0.133. The molecule has 0 aliphatic rings. The van der Waals surface area contributed by atoms with Gasteiger partial charge in [0.05, 0.1) is 5.69 Å². The summed E-state index contributed by atoms with van der Waals surface area (Å²) in [5, 5.41) is 0. The van der Waals surface area contributed by atoms with E-state index in [9.17, 15) is 0 Å². The molecule has 20 heavy (non-hydrogen) atoms. The van der Waals surface area contributed by atoms with Gasteiger partial charge in [-0.2, -0.15) is 0 Å². The normalized spacial score (nSPS) is 12.0. The molecule has 0 atom stereocenters. The van der Waals surface area contributed by atoms with E-state index >= 15 is 0 Å². The van der Waals surface area contributed by atoms with Gasteiger partial charge in [0, 0.05) is 23.5 Å². The first-order chi connectivity index (χ1) is 9.43. The maximum Gasteiger partial charge on any atom is 0.216 e. The number of aryl methyl sites for hydroxylation is 1. The summed E-state index contributed by atoms with van der Waals surface area (Å²) in [5.41, 5.74) is 4.63. The molecule has 2 aromatic heterocycles. The third-order valence-electron chi connectivity index (χ3n) is 3.12. The standard InChI is InChI=1S/C15H11Cl3N2/c1-10-6-7-20-9-13(19-14(20)8-10)11-2-4-12(5-3-11)15(16,17)18/h2-9H,1H3. The highest BCUT2D eigenvalue weighted by Crippen LogP contribution is 2.38. The average molecular weight is 326 g/mol. The number of halogens is 3. The van der Waals surface area contributed by atoms with Crippen LogP contribution < -0.4 is 0 Å². The Hall–Kier alpha value is -1.22. The number of aromatic nitrogens is 2. The van der Waals surface area contributed by atoms with Gasteiger partial charge in [-0.3, -0.25) is 0 Å². The molecule has 0 radical (unpaired) electrons. The second kappa shape index (κ2) is 4.96. The number of pyridine rings is 1. The lowest BCUT2D eigenvalue weighted by molar-refractivity contribution is 1.17. The van der Waals surface area contributed by atoms with Gasteiger partial charge in [-0.25, -0.2) is 4.98 Å². The van der Waals surface area contributed by atoms with Gasteiger partial charge in [0.25, 0.3) is 0 Å². The van der Waals surface area contributed by atoms with Gasteiger partial charge in [0.2, 0.25) is 3.79 Å². The summed E-state index contributed by atoms with van der Waals surface area (Å²) >= 11 is 17.5. The molecule has 3 aromatic rings. The summed E-state index contributed by atoms with van der Waals surface area (Å²) < 4.78 is 0.597. The Kier molecular flexibility index (Phi) is 3.41. The highest BCUT2D eigenvalue weighted by molar-refractivity contribution is 6.66. The van der Waals surface area contributed by atoms with E-state index in [1.165, 1.54) is 5.56 Å². The Morgan fingerprint density at radius 1 is 1.05 bits per heavy atom. The molecule has 0 N–H and O–H groups in total. The molecule has 0 spiro atoms. The lowest BCUT2D eigenvalue weighted by Gasteiger charge is -2.10.